The van der Waals surface area contributed by atoms with Crippen molar-refractivity contribution in [2.24, 2.45) is 0 Å². The smallest absolute Gasteiger partial charge is 0.119 e. The zero-order valence-electron chi connectivity index (χ0n) is 10.6. The summed E-state index contributed by atoms with van der Waals surface area (Å²) in [6.45, 7) is 6.71. The van der Waals surface area contributed by atoms with E-state index in [1.807, 2.05) is 6.07 Å². The highest BCUT2D eigenvalue weighted by Gasteiger charge is 2.16. The van der Waals surface area contributed by atoms with Crippen LogP contribution in [0.3, 0.4) is 0 Å². The molecule has 1 saturated heterocycles. The van der Waals surface area contributed by atoms with Crippen molar-refractivity contribution in [1.82, 2.24) is 10.2 Å². The molecule has 4 heteroatoms. The second-order valence-corrected chi connectivity index (χ2v) is 5.08. The SMILES string of the molecule is Oc1cc2c(cc1CCN1CCNCC1)COC2. The van der Waals surface area contributed by atoms with Crippen molar-refractivity contribution >= 4 is 0 Å². The second kappa shape index (κ2) is 5.26. The molecule has 0 bridgehead atoms. The van der Waals surface area contributed by atoms with Crippen LogP contribution in [0.4, 0.5) is 0 Å². The number of rotatable bonds is 3. The molecule has 0 aliphatic carbocycles. The summed E-state index contributed by atoms with van der Waals surface area (Å²) in [5, 5.41) is 13.4. The first kappa shape index (κ1) is 12.0. The van der Waals surface area contributed by atoms with Crippen LogP contribution < -0.4 is 5.32 Å². The summed E-state index contributed by atoms with van der Waals surface area (Å²) in [6.07, 6.45) is 0.916. The molecular weight excluding hydrogens is 228 g/mol. The van der Waals surface area contributed by atoms with Crippen LogP contribution in [-0.2, 0) is 24.4 Å². The van der Waals surface area contributed by atoms with E-state index >= 15 is 0 Å². The molecule has 2 aliphatic rings. The maximum absolute atomic E-state index is 10.0. The highest BCUT2D eigenvalue weighted by Crippen LogP contribution is 2.28. The molecule has 0 atom stereocenters. The number of phenolic OH excluding ortho intramolecular Hbond substituents is 1. The fourth-order valence-electron chi connectivity index (χ4n) is 2.68. The lowest BCUT2D eigenvalue weighted by Gasteiger charge is -2.27. The van der Waals surface area contributed by atoms with Crippen LogP contribution >= 0.6 is 0 Å². The second-order valence-electron chi connectivity index (χ2n) is 5.08. The number of phenols is 1. The number of nitrogens with zero attached hydrogens (tertiary/aromatic N) is 1. The van der Waals surface area contributed by atoms with E-state index in [0.717, 1.165) is 50.3 Å². The number of ether oxygens (including phenoxy) is 1. The largest absolute Gasteiger partial charge is 0.508 e. The van der Waals surface area contributed by atoms with Gasteiger partial charge in [0.25, 0.3) is 0 Å². The number of piperazine rings is 1. The summed E-state index contributed by atoms with van der Waals surface area (Å²) in [4.78, 5) is 2.44. The van der Waals surface area contributed by atoms with Gasteiger partial charge in [0.15, 0.2) is 0 Å². The summed E-state index contributed by atoms with van der Waals surface area (Å²) >= 11 is 0. The van der Waals surface area contributed by atoms with Crippen molar-refractivity contribution in [1.29, 1.82) is 0 Å². The Balaban J connectivity index is 1.65. The van der Waals surface area contributed by atoms with Gasteiger partial charge < -0.3 is 20.1 Å². The molecule has 1 fully saturated rings. The lowest BCUT2D eigenvalue weighted by atomic mass is 10.0. The molecule has 1 aromatic carbocycles. The van der Waals surface area contributed by atoms with Crippen LogP contribution in [0, 0.1) is 0 Å². The molecule has 3 rings (SSSR count). The summed E-state index contributed by atoms with van der Waals surface area (Å²) in [6, 6.07) is 3.98. The molecule has 4 nitrogen and oxygen atoms in total. The number of hydrogen-bond acceptors (Lipinski definition) is 4. The van der Waals surface area contributed by atoms with Crippen molar-refractivity contribution in [3.63, 3.8) is 0 Å². The molecule has 0 amide bonds. The number of benzene rings is 1. The summed E-state index contributed by atoms with van der Waals surface area (Å²) < 4.78 is 5.39. The quantitative estimate of drug-likeness (QED) is 0.833. The van der Waals surface area contributed by atoms with Crippen molar-refractivity contribution in [2.75, 3.05) is 32.7 Å². The van der Waals surface area contributed by atoms with Gasteiger partial charge >= 0.3 is 0 Å². The fraction of sp³-hybridized carbons (Fsp3) is 0.571. The van der Waals surface area contributed by atoms with Gasteiger partial charge in [-0.15, -0.1) is 0 Å². The Morgan fingerprint density at radius 1 is 1.17 bits per heavy atom. The van der Waals surface area contributed by atoms with Gasteiger partial charge in [0, 0.05) is 32.7 Å². The molecule has 0 radical (unpaired) electrons. The first-order chi connectivity index (χ1) is 8.83. The third kappa shape index (κ3) is 2.51. The van der Waals surface area contributed by atoms with Crippen LogP contribution in [0.2, 0.25) is 0 Å². The van der Waals surface area contributed by atoms with Gasteiger partial charge in [-0.25, -0.2) is 0 Å². The van der Waals surface area contributed by atoms with E-state index < -0.39 is 0 Å². The first-order valence-electron chi connectivity index (χ1n) is 6.67. The highest BCUT2D eigenvalue weighted by molar-refractivity contribution is 5.42. The van der Waals surface area contributed by atoms with E-state index in [1.54, 1.807) is 0 Å². The van der Waals surface area contributed by atoms with Gasteiger partial charge in [-0.3, -0.25) is 0 Å². The van der Waals surface area contributed by atoms with Gasteiger partial charge in [0.2, 0.25) is 0 Å². The molecule has 2 N–H and O–H groups in total. The molecular formula is C14H20N2O2. The predicted molar refractivity (Wildman–Crippen MR) is 69.6 cm³/mol. The summed E-state index contributed by atoms with van der Waals surface area (Å²) in [5.74, 6) is 0.425. The Morgan fingerprint density at radius 2 is 1.89 bits per heavy atom. The number of fused-ring (bicyclic) bond motifs is 1. The molecule has 0 unspecified atom stereocenters. The lowest BCUT2D eigenvalue weighted by Crippen LogP contribution is -2.44. The third-order valence-electron chi connectivity index (χ3n) is 3.82. The van der Waals surface area contributed by atoms with Gasteiger partial charge in [0.05, 0.1) is 13.2 Å². The lowest BCUT2D eigenvalue weighted by molar-refractivity contribution is 0.134. The van der Waals surface area contributed by atoms with Crippen molar-refractivity contribution in [3.05, 3.63) is 28.8 Å². The molecule has 18 heavy (non-hydrogen) atoms. The Labute approximate surface area is 108 Å². The monoisotopic (exact) mass is 248 g/mol. The van der Waals surface area contributed by atoms with Gasteiger partial charge in [-0.1, -0.05) is 0 Å². The Hall–Kier alpha value is -1.10. The maximum Gasteiger partial charge on any atom is 0.119 e. The van der Waals surface area contributed by atoms with Crippen molar-refractivity contribution in [2.45, 2.75) is 19.6 Å². The number of nitrogens with one attached hydrogen (secondary N) is 1. The number of hydrogen-bond donors (Lipinski definition) is 2. The zero-order chi connectivity index (χ0) is 12.4. The Kier molecular flexibility index (Phi) is 3.50. The Bertz CT molecular complexity index is 428. The van der Waals surface area contributed by atoms with Crippen LogP contribution in [0.1, 0.15) is 16.7 Å². The topological polar surface area (TPSA) is 44.7 Å². The standard InChI is InChI=1S/C14H20N2O2/c17-14-8-13-10-18-9-12(13)7-11(14)1-4-16-5-2-15-3-6-16/h7-8,15,17H,1-6,9-10H2. The highest BCUT2D eigenvalue weighted by atomic mass is 16.5. The van der Waals surface area contributed by atoms with Crippen LogP contribution in [0.15, 0.2) is 12.1 Å². The van der Waals surface area contributed by atoms with Gasteiger partial charge in [-0.2, -0.15) is 0 Å². The van der Waals surface area contributed by atoms with E-state index in [0.29, 0.717) is 19.0 Å². The predicted octanol–water partition coefficient (Wildman–Crippen LogP) is 0.870. The minimum atomic E-state index is 0.425. The molecule has 0 spiro atoms. The average molecular weight is 248 g/mol. The van der Waals surface area contributed by atoms with Gasteiger partial charge in [-0.05, 0) is 35.2 Å². The molecule has 2 aliphatic heterocycles. The van der Waals surface area contributed by atoms with Crippen LogP contribution in [-0.4, -0.2) is 42.7 Å². The molecule has 0 aromatic heterocycles. The third-order valence-corrected chi connectivity index (χ3v) is 3.82. The summed E-state index contributed by atoms with van der Waals surface area (Å²) in [5.41, 5.74) is 3.43. The maximum atomic E-state index is 10.0. The number of aromatic hydroxyl groups is 1. The molecule has 0 saturated carbocycles. The van der Waals surface area contributed by atoms with Crippen molar-refractivity contribution < 1.29 is 9.84 Å². The normalized spacial score (nSPS) is 20.0. The first-order valence-corrected chi connectivity index (χ1v) is 6.67. The minimum absolute atomic E-state index is 0.425. The van der Waals surface area contributed by atoms with E-state index in [4.69, 9.17) is 4.74 Å². The van der Waals surface area contributed by atoms with E-state index in [1.165, 1.54) is 5.56 Å². The van der Waals surface area contributed by atoms with Gasteiger partial charge in [0.1, 0.15) is 5.75 Å². The van der Waals surface area contributed by atoms with E-state index in [-0.39, 0.29) is 0 Å². The average Bonchev–Trinajstić information content (AvgIpc) is 2.84. The van der Waals surface area contributed by atoms with Crippen LogP contribution in [0.5, 0.6) is 5.75 Å². The zero-order valence-corrected chi connectivity index (χ0v) is 10.6. The molecule has 2 heterocycles. The van der Waals surface area contributed by atoms with E-state index in [9.17, 15) is 5.11 Å². The fourth-order valence-corrected chi connectivity index (χ4v) is 2.68. The van der Waals surface area contributed by atoms with Crippen LogP contribution in [0.25, 0.3) is 0 Å². The molecule has 1 aromatic rings. The summed E-state index contributed by atoms with van der Waals surface area (Å²) in [7, 11) is 0. The Morgan fingerprint density at radius 3 is 2.67 bits per heavy atom. The van der Waals surface area contributed by atoms with Crippen molar-refractivity contribution in [3.8, 4) is 5.75 Å². The molecule has 98 valence electrons. The minimum Gasteiger partial charge on any atom is -0.508 e. The van der Waals surface area contributed by atoms with E-state index in [2.05, 4.69) is 16.3 Å².